The highest BCUT2D eigenvalue weighted by atomic mass is 15.3. The van der Waals surface area contributed by atoms with E-state index in [1.807, 2.05) is 0 Å². The van der Waals surface area contributed by atoms with Crippen LogP contribution in [0.5, 0.6) is 0 Å². The summed E-state index contributed by atoms with van der Waals surface area (Å²) in [6.45, 7) is 8.03. The number of nitrogens with zero attached hydrogens (tertiary/aromatic N) is 6. The van der Waals surface area contributed by atoms with E-state index in [1.165, 1.54) is 11.1 Å². The number of aromatic nitrogens is 4. The fourth-order valence-electron chi connectivity index (χ4n) is 3.04. The van der Waals surface area contributed by atoms with Gasteiger partial charge >= 0.3 is 0 Å². The highest BCUT2D eigenvalue weighted by Gasteiger charge is 2.19. The minimum Gasteiger partial charge on any atom is -0.338 e. The third-order valence-corrected chi connectivity index (χ3v) is 4.88. The van der Waals surface area contributed by atoms with Crippen molar-refractivity contribution in [3.8, 4) is 0 Å². The smallest absolute Gasteiger partial charge is 0.229 e. The predicted octanol–water partition coefficient (Wildman–Crippen LogP) is 2.53. The van der Waals surface area contributed by atoms with E-state index in [0.29, 0.717) is 22.9 Å². The molecular weight excluding hydrogens is 326 g/mol. The highest BCUT2D eigenvalue weighted by Crippen LogP contribution is 2.25. The summed E-state index contributed by atoms with van der Waals surface area (Å²) in [6, 6.07) is 6.28. The molecule has 1 N–H and O–H groups in total. The first-order chi connectivity index (χ1) is 12.6. The highest BCUT2D eigenvalue weighted by molar-refractivity contribution is 5.85. The van der Waals surface area contributed by atoms with E-state index in [1.54, 1.807) is 12.4 Å². The zero-order chi connectivity index (χ0) is 18.1. The van der Waals surface area contributed by atoms with Crippen molar-refractivity contribution in [1.29, 1.82) is 0 Å². The van der Waals surface area contributed by atoms with Crippen molar-refractivity contribution in [2.24, 2.45) is 0 Å². The van der Waals surface area contributed by atoms with Crippen LogP contribution in [0.3, 0.4) is 0 Å². The molecular formula is C19H23N7. The predicted molar refractivity (Wildman–Crippen MR) is 104 cm³/mol. The van der Waals surface area contributed by atoms with E-state index < -0.39 is 0 Å². The molecule has 3 aromatic rings. The quantitative estimate of drug-likeness (QED) is 0.779. The van der Waals surface area contributed by atoms with Gasteiger partial charge in [0.1, 0.15) is 0 Å². The van der Waals surface area contributed by atoms with Gasteiger partial charge in [-0.2, -0.15) is 9.97 Å². The maximum atomic E-state index is 4.78. The molecule has 0 bridgehead atoms. The van der Waals surface area contributed by atoms with Crippen molar-refractivity contribution < 1.29 is 0 Å². The molecule has 0 atom stereocenters. The van der Waals surface area contributed by atoms with Gasteiger partial charge in [-0.15, -0.1) is 0 Å². The van der Waals surface area contributed by atoms with Crippen molar-refractivity contribution >= 4 is 28.6 Å². The fraction of sp³-hybridized carbons (Fsp3) is 0.368. The molecule has 0 amide bonds. The number of nitrogens with one attached hydrogen (secondary N) is 1. The minimum atomic E-state index is 0.614. The number of likely N-dealkylation sites (N-methyl/N-ethyl adjacent to an activating group) is 1. The van der Waals surface area contributed by atoms with Crippen LogP contribution in [0.15, 0.2) is 30.6 Å². The molecule has 4 rings (SSSR count). The monoisotopic (exact) mass is 349 g/mol. The first-order valence-corrected chi connectivity index (χ1v) is 8.87. The number of anilines is 3. The average Bonchev–Trinajstić information content (AvgIpc) is 2.65. The van der Waals surface area contributed by atoms with Gasteiger partial charge in [-0.3, -0.25) is 0 Å². The lowest BCUT2D eigenvalue weighted by molar-refractivity contribution is 0.311. The van der Waals surface area contributed by atoms with Crippen LogP contribution in [0.1, 0.15) is 11.1 Å². The third kappa shape index (κ3) is 3.30. The van der Waals surface area contributed by atoms with E-state index in [2.05, 4.69) is 69.2 Å². The second-order valence-electron chi connectivity index (χ2n) is 6.82. The first-order valence-electron chi connectivity index (χ1n) is 8.87. The zero-order valence-electron chi connectivity index (χ0n) is 15.4. The Hall–Kier alpha value is -2.80. The molecule has 26 heavy (non-hydrogen) atoms. The van der Waals surface area contributed by atoms with Gasteiger partial charge in [0.15, 0.2) is 17.0 Å². The van der Waals surface area contributed by atoms with E-state index in [-0.39, 0.29) is 0 Å². The fourth-order valence-corrected chi connectivity index (χ4v) is 3.04. The number of rotatable bonds is 3. The maximum Gasteiger partial charge on any atom is 0.229 e. The third-order valence-electron chi connectivity index (χ3n) is 4.88. The topological polar surface area (TPSA) is 70.1 Å². The van der Waals surface area contributed by atoms with Crippen LogP contribution in [0.25, 0.3) is 11.2 Å². The maximum absolute atomic E-state index is 4.78. The summed E-state index contributed by atoms with van der Waals surface area (Å²) < 4.78 is 0. The van der Waals surface area contributed by atoms with Crippen LogP contribution < -0.4 is 10.2 Å². The Labute approximate surface area is 153 Å². The van der Waals surface area contributed by atoms with Gasteiger partial charge in [-0.05, 0) is 44.2 Å². The summed E-state index contributed by atoms with van der Waals surface area (Å²) in [6.07, 6.45) is 3.34. The Bertz CT molecular complexity index is 932. The van der Waals surface area contributed by atoms with Crippen molar-refractivity contribution in [3.05, 3.63) is 41.7 Å². The molecule has 2 aromatic heterocycles. The Morgan fingerprint density at radius 2 is 1.69 bits per heavy atom. The van der Waals surface area contributed by atoms with E-state index >= 15 is 0 Å². The Balaban J connectivity index is 1.73. The second-order valence-corrected chi connectivity index (χ2v) is 6.82. The first kappa shape index (κ1) is 16.7. The SMILES string of the molecule is Cc1ccc(Nc2nc(N3CCN(C)CC3)nc3nccnc23)cc1C. The van der Waals surface area contributed by atoms with Gasteiger partial charge in [0.05, 0.1) is 0 Å². The van der Waals surface area contributed by atoms with Crippen LogP contribution >= 0.6 is 0 Å². The summed E-state index contributed by atoms with van der Waals surface area (Å²) in [7, 11) is 2.14. The molecule has 1 aromatic carbocycles. The zero-order valence-corrected chi connectivity index (χ0v) is 15.4. The summed E-state index contributed by atoms with van der Waals surface area (Å²) in [5.41, 5.74) is 4.79. The lowest BCUT2D eigenvalue weighted by atomic mass is 10.1. The van der Waals surface area contributed by atoms with Gasteiger partial charge in [-0.1, -0.05) is 6.07 Å². The van der Waals surface area contributed by atoms with Crippen LogP contribution in [0, 0.1) is 13.8 Å². The lowest BCUT2D eigenvalue weighted by Gasteiger charge is -2.32. The van der Waals surface area contributed by atoms with Crippen LogP contribution in [-0.2, 0) is 0 Å². The van der Waals surface area contributed by atoms with Gasteiger partial charge in [0.2, 0.25) is 5.95 Å². The Kier molecular flexibility index (Phi) is 4.38. The van der Waals surface area contributed by atoms with Crippen molar-refractivity contribution in [2.75, 3.05) is 43.4 Å². The Morgan fingerprint density at radius 3 is 2.46 bits per heavy atom. The molecule has 134 valence electrons. The molecule has 0 spiro atoms. The van der Waals surface area contributed by atoms with Gasteiger partial charge in [0, 0.05) is 44.3 Å². The summed E-state index contributed by atoms with van der Waals surface area (Å²) >= 11 is 0. The normalized spacial score (nSPS) is 15.4. The molecule has 0 unspecified atom stereocenters. The van der Waals surface area contributed by atoms with E-state index in [9.17, 15) is 0 Å². The van der Waals surface area contributed by atoms with E-state index in [0.717, 1.165) is 31.9 Å². The molecule has 0 aliphatic carbocycles. The second kappa shape index (κ2) is 6.84. The summed E-state index contributed by atoms with van der Waals surface area (Å²) in [4.78, 5) is 22.8. The molecule has 0 radical (unpaired) electrons. The number of hydrogen-bond donors (Lipinski definition) is 1. The largest absolute Gasteiger partial charge is 0.338 e. The molecule has 0 saturated carbocycles. The van der Waals surface area contributed by atoms with Crippen LogP contribution in [0.2, 0.25) is 0 Å². The van der Waals surface area contributed by atoms with Crippen molar-refractivity contribution in [2.45, 2.75) is 13.8 Å². The van der Waals surface area contributed by atoms with Crippen LogP contribution in [-0.4, -0.2) is 58.1 Å². The standard InChI is InChI=1S/C19H23N7/c1-13-4-5-15(12-14(13)2)22-18-16-17(21-7-6-20-16)23-19(24-18)26-10-8-25(3)9-11-26/h4-7,12H,8-11H2,1-3H3,(H,21,22,23,24). The molecule has 1 aliphatic heterocycles. The average molecular weight is 349 g/mol. The summed E-state index contributed by atoms with van der Waals surface area (Å²) in [5, 5.41) is 3.41. The summed E-state index contributed by atoms with van der Waals surface area (Å²) in [5.74, 6) is 1.40. The van der Waals surface area contributed by atoms with Crippen molar-refractivity contribution in [3.63, 3.8) is 0 Å². The Morgan fingerprint density at radius 1 is 0.923 bits per heavy atom. The number of aryl methyl sites for hydroxylation is 2. The molecule has 1 saturated heterocycles. The van der Waals surface area contributed by atoms with Crippen molar-refractivity contribution in [1.82, 2.24) is 24.8 Å². The molecule has 1 fully saturated rings. The number of hydrogen-bond acceptors (Lipinski definition) is 7. The van der Waals surface area contributed by atoms with Gasteiger partial charge in [0.25, 0.3) is 0 Å². The minimum absolute atomic E-state index is 0.614. The molecule has 7 nitrogen and oxygen atoms in total. The van der Waals surface area contributed by atoms with Crippen LogP contribution in [0.4, 0.5) is 17.5 Å². The van der Waals surface area contributed by atoms with Gasteiger partial charge in [-0.25, -0.2) is 9.97 Å². The number of benzene rings is 1. The molecule has 7 heteroatoms. The lowest BCUT2D eigenvalue weighted by Crippen LogP contribution is -2.45. The van der Waals surface area contributed by atoms with Gasteiger partial charge < -0.3 is 15.1 Å². The van der Waals surface area contributed by atoms with E-state index in [4.69, 9.17) is 4.98 Å². The molecule has 3 heterocycles. The number of fused-ring (bicyclic) bond motifs is 1. The number of piperazine rings is 1. The molecule has 1 aliphatic rings.